The smallest absolute Gasteiger partial charge is 0.273 e. The van der Waals surface area contributed by atoms with Gasteiger partial charge in [0.15, 0.2) is 5.69 Å². The van der Waals surface area contributed by atoms with Gasteiger partial charge in [0.2, 0.25) is 0 Å². The fraction of sp³-hybridized carbons (Fsp3) is 0.500. The molecule has 2 heterocycles. The van der Waals surface area contributed by atoms with Crippen LogP contribution in [-0.2, 0) is 4.74 Å². The van der Waals surface area contributed by atoms with Gasteiger partial charge >= 0.3 is 0 Å². The van der Waals surface area contributed by atoms with Crippen molar-refractivity contribution in [1.29, 1.82) is 0 Å². The van der Waals surface area contributed by atoms with Gasteiger partial charge in [0.05, 0.1) is 18.5 Å². The lowest BCUT2D eigenvalue weighted by molar-refractivity contribution is 0.0510. The van der Waals surface area contributed by atoms with Crippen LogP contribution in [0.15, 0.2) is 30.5 Å². The fourth-order valence-corrected chi connectivity index (χ4v) is 3.26. The molecule has 0 bridgehead atoms. The van der Waals surface area contributed by atoms with E-state index >= 15 is 0 Å². The minimum absolute atomic E-state index is 0. The van der Waals surface area contributed by atoms with Gasteiger partial charge in [0.1, 0.15) is 0 Å². The predicted molar refractivity (Wildman–Crippen MR) is 102 cm³/mol. The molecule has 1 fully saturated rings. The lowest BCUT2D eigenvalue weighted by Gasteiger charge is -2.37. The maximum Gasteiger partial charge on any atom is 0.273 e. The number of nitrogens with zero attached hydrogens (tertiary/aromatic N) is 3. The first-order valence-electron chi connectivity index (χ1n) is 8.59. The first kappa shape index (κ1) is 20.4. The van der Waals surface area contributed by atoms with Gasteiger partial charge in [-0.15, -0.1) is 17.5 Å². The van der Waals surface area contributed by atoms with Crippen molar-refractivity contribution in [1.82, 2.24) is 25.6 Å². The first-order chi connectivity index (χ1) is 12.1. The van der Waals surface area contributed by atoms with Crippen LogP contribution in [0.3, 0.4) is 0 Å². The van der Waals surface area contributed by atoms with Crippen molar-refractivity contribution >= 4 is 18.3 Å². The van der Waals surface area contributed by atoms with Gasteiger partial charge in [-0.3, -0.25) is 4.79 Å². The zero-order valence-corrected chi connectivity index (χ0v) is 16.0. The summed E-state index contributed by atoms with van der Waals surface area (Å²) in [4.78, 5) is 12.5. The number of nitrogens with one attached hydrogen (secondary N) is 2. The minimum atomic E-state index is -0.201. The van der Waals surface area contributed by atoms with Gasteiger partial charge in [0, 0.05) is 19.1 Å². The van der Waals surface area contributed by atoms with Crippen molar-refractivity contribution in [3.8, 4) is 5.69 Å². The maximum absolute atomic E-state index is 12.5. The van der Waals surface area contributed by atoms with Crippen LogP contribution in [0, 0.1) is 12.3 Å². The van der Waals surface area contributed by atoms with E-state index in [2.05, 4.69) is 20.9 Å². The topological polar surface area (TPSA) is 81.1 Å². The predicted octanol–water partition coefficient (Wildman–Crippen LogP) is 1.74. The molecule has 0 atom stereocenters. The van der Waals surface area contributed by atoms with E-state index in [4.69, 9.17) is 4.74 Å². The summed E-state index contributed by atoms with van der Waals surface area (Å²) in [5.74, 6) is -0.201. The average molecular weight is 380 g/mol. The summed E-state index contributed by atoms with van der Waals surface area (Å²) in [5, 5.41) is 14.4. The number of amides is 1. The number of methoxy groups -OCH3 is 1. The number of benzene rings is 1. The molecule has 0 unspecified atom stereocenters. The zero-order chi connectivity index (χ0) is 17.7. The van der Waals surface area contributed by atoms with Crippen LogP contribution in [0.2, 0.25) is 0 Å². The van der Waals surface area contributed by atoms with Gasteiger partial charge in [-0.25, -0.2) is 4.68 Å². The van der Waals surface area contributed by atoms with Crippen LogP contribution in [0.25, 0.3) is 5.69 Å². The summed E-state index contributed by atoms with van der Waals surface area (Å²) in [5.41, 5.74) is 2.33. The number of ether oxygens (including phenoxy) is 1. The van der Waals surface area contributed by atoms with Crippen LogP contribution in [0.1, 0.15) is 28.9 Å². The molecule has 8 heteroatoms. The van der Waals surface area contributed by atoms with E-state index in [1.165, 1.54) is 0 Å². The van der Waals surface area contributed by atoms with Crippen molar-refractivity contribution in [2.45, 2.75) is 19.8 Å². The number of aryl methyl sites for hydroxylation is 1. The molecular formula is C18H26ClN5O2. The van der Waals surface area contributed by atoms with E-state index in [1.807, 2.05) is 31.2 Å². The third-order valence-corrected chi connectivity index (χ3v) is 4.73. The van der Waals surface area contributed by atoms with E-state index in [9.17, 15) is 4.79 Å². The van der Waals surface area contributed by atoms with Crippen LogP contribution < -0.4 is 10.6 Å². The molecule has 0 spiro atoms. The molecule has 7 nitrogen and oxygen atoms in total. The Morgan fingerprint density at radius 1 is 1.38 bits per heavy atom. The maximum atomic E-state index is 12.5. The summed E-state index contributed by atoms with van der Waals surface area (Å²) >= 11 is 0. The Labute approximate surface area is 159 Å². The summed E-state index contributed by atoms with van der Waals surface area (Å²) in [6.07, 6.45) is 3.63. The normalized spacial score (nSPS) is 15.9. The van der Waals surface area contributed by atoms with E-state index in [0.29, 0.717) is 18.8 Å². The Balaban J connectivity index is 0.00000243. The van der Waals surface area contributed by atoms with Gasteiger partial charge in [-0.05, 0) is 50.6 Å². The Morgan fingerprint density at radius 2 is 2.15 bits per heavy atom. The number of carbonyl (C=O) groups is 1. The molecule has 26 heavy (non-hydrogen) atoms. The van der Waals surface area contributed by atoms with Crippen LogP contribution in [0.5, 0.6) is 0 Å². The average Bonchev–Trinajstić information content (AvgIpc) is 3.11. The summed E-state index contributed by atoms with van der Waals surface area (Å²) in [6.45, 7) is 5.14. The molecule has 142 valence electrons. The van der Waals surface area contributed by atoms with Crippen molar-refractivity contribution in [3.63, 3.8) is 0 Å². The summed E-state index contributed by atoms with van der Waals surface area (Å²) in [6, 6.07) is 7.91. The molecule has 0 radical (unpaired) electrons. The molecule has 2 N–H and O–H groups in total. The molecule has 1 aromatic carbocycles. The number of aromatic nitrogens is 3. The monoisotopic (exact) mass is 379 g/mol. The van der Waals surface area contributed by atoms with Gasteiger partial charge in [-0.1, -0.05) is 17.3 Å². The molecule has 1 aliphatic heterocycles. The highest BCUT2D eigenvalue weighted by molar-refractivity contribution is 5.91. The van der Waals surface area contributed by atoms with E-state index in [0.717, 1.165) is 37.2 Å². The second kappa shape index (κ2) is 9.12. The van der Waals surface area contributed by atoms with Crippen LogP contribution in [0.4, 0.5) is 0 Å². The standard InChI is InChI=1S/C18H25N5O2.ClH/c1-14-4-3-5-15(10-14)23-11-16(21-22-23)17(24)20-12-18(13-25-2)6-8-19-9-7-18;/h3-5,10-11,19H,6-9,12-13H2,1-2H3,(H,20,24);1H. The third kappa shape index (κ3) is 4.81. The SMILES string of the molecule is COCC1(CNC(=O)c2cn(-c3cccc(C)c3)nn2)CCNCC1.Cl. The van der Waals surface area contributed by atoms with Crippen molar-refractivity contribution in [3.05, 3.63) is 41.7 Å². The minimum Gasteiger partial charge on any atom is -0.384 e. The second-order valence-electron chi connectivity index (χ2n) is 6.75. The fourth-order valence-electron chi connectivity index (χ4n) is 3.26. The van der Waals surface area contributed by atoms with Crippen LogP contribution in [-0.4, -0.2) is 54.3 Å². The molecule has 0 aliphatic carbocycles. The Kier molecular flexibility index (Phi) is 7.14. The highest BCUT2D eigenvalue weighted by atomic mass is 35.5. The van der Waals surface area contributed by atoms with Crippen molar-refractivity contribution in [2.24, 2.45) is 5.41 Å². The van der Waals surface area contributed by atoms with Crippen LogP contribution >= 0.6 is 12.4 Å². The highest BCUT2D eigenvalue weighted by Crippen LogP contribution is 2.28. The lowest BCUT2D eigenvalue weighted by atomic mass is 9.79. The largest absolute Gasteiger partial charge is 0.384 e. The Hall–Kier alpha value is -1.96. The molecule has 1 aromatic heterocycles. The number of piperidine rings is 1. The first-order valence-corrected chi connectivity index (χ1v) is 8.59. The van der Waals surface area contributed by atoms with Gasteiger partial charge < -0.3 is 15.4 Å². The number of hydrogen-bond acceptors (Lipinski definition) is 5. The number of halogens is 1. The second-order valence-corrected chi connectivity index (χ2v) is 6.75. The molecule has 2 aromatic rings. The number of carbonyl (C=O) groups excluding carboxylic acids is 1. The van der Waals surface area contributed by atoms with E-state index in [1.54, 1.807) is 18.0 Å². The zero-order valence-electron chi connectivity index (χ0n) is 15.2. The van der Waals surface area contributed by atoms with E-state index in [-0.39, 0.29) is 23.7 Å². The molecule has 1 saturated heterocycles. The Bertz CT molecular complexity index is 722. The lowest BCUT2D eigenvalue weighted by Crippen LogP contribution is -2.47. The number of rotatable bonds is 6. The molecule has 1 aliphatic rings. The molecule has 3 rings (SSSR count). The molecular weight excluding hydrogens is 354 g/mol. The quantitative estimate of drug-likeness (QED) is 0.799. The van der Waals surface area contributed by atoms with Crippen molar-refractivity contribution in [2.75, 3.05) is 33.4 Å². The summed E-state index contributed by atoms with van der Waals surface area (Å²) < 4.78 is 7.01. The van der Waals surface area contributed by atoms with E-state index < -0.39 is 0 Å². The Morgan fingerprint density at radius 3 is 2.85 bits per heavy atom. The van der Waals surface area contributed by atoms with Gasteiger partial charge in [0.25, 0.3) is 5.91 Å². The third-order valence-electron chi connectivity index (χ3n) is 4.73. The van der Waals surface area contributed by atoms with Gasteiger partial charge in [-0.2, -0.15) is 0 Å². The summed E-state index contributed by atoms with van der Waals surface area (Å²) in [7, 11) is 1.71. The highest BCUT2D eigenvalue weighted by Gasteiger charge is 2.32. The molecule has 1 amide bonds. The number of hydrogen-bond donors (Lipinski definition) is 2. The van der Waals surface area contributed by atoms with Crippen molar-refractivity contribution < 1.29 is 9.53 Å². The molecule has 0 saturated carbocycles.